The molecular formula is C13H11ClN4O2. The van der Waals surface area contributed by atoms with E-state index in [9.17, 15) is 10.1 Å². The van der Waals surface area contributed by atoms with Gasteiger partial charge in [-0.15, -0.1) is 0 Å². The molecule has 102 valence electrons. The maximum Gasteiger partial charge on any atom is 0.271 e. The lowest BCUT2D eigenvalue weighted by atomic mass is 10.2. The zero-order chi connectivity index (χ0) is 14.7. The average Bonchev–Trinajstić information content (AvgIpc) is 2.78. The Morgan fingerprint density at radius 2 is 2.25 bits per heavy atom. The van der Waals surface area contributed by atoms with Gasteiger partial charge in [0, 0.05) is 31.9 Å². The number of aryl methyl sites for hydroxylation is 1. The number of anilines is 1. The highest BCUT2D eigenvalue weighted by atomic mass is 35.5. The van der Waals surface area contributed by atoms with Crippen LogP contribution in [-0.2, 0) is 13.6 Å². The molecule has 0 bridgehead atoms. The molecule has 0 atom stereocenters. The van der Waals surface area contributed by atoms with E-state index in [-0.39, 0.29) is 5.69 Å². The van der Waals surface area contributed by atoms with E-state index in [2.05, 4.69) is 11.4 Å². The second kappa shape index (κ2) is 5.63. The number of nitro benzene ring substituents is 1. The van der Waals surface area contributed by atoms with Gasteiger partial charge in [-0.1, -0.05) is 11.6 Å². The van der Waals surface area contributed by atoms with Crippen molar-refractivity contribution in [1.82, 2.24) is 4.57 Å². The number of non-ortho nitro benzene ring substituents is 1. The van der Waals surface area contributed by atoms with E-state index >= 15 is 0 Å². The first-order valence-electron chi connectivity index (χ1n) is 5.74. The van der Waals surface area contributed by atoms with E-state index in [1.54, 1.807) is 17.7 Å². The number of nitriles is 1. The van der Waals surface area contributed by atoms with Gasteiger partial charge in [0.05, 0.1) is 15.6 Å². The van der Waals surface area contributed by atoms with E-state index in [1.807, 2.05) is 6.20 Å². The molecule has 2 rings (SSSR count). The van der Waals surface area contributed by atoms with E-state index in [0.29, 0.717) is 22.9 Å². The van der Waals surface area contributed by atoms with Crippen molar-refractivity contribution >= 4 is 23.0 Å². The van der Waals surface area contributed by atoms with Gasteiger partial charge in [-0.05, 0) is 17.7 Å². The molecule has 0 radical (unpaired) electrons. The van der Waals surface area contributed by atoms with Gasteiger partial charge in [-0.3, -0.25) is 10.1 Å². The number of aromatic nitrogens is 1. The maximum absolute atomic E-state index is 10.7. The fourth-order valence-electron chi connectivity index (χ4n) is 1.80. The Hall–Kier alpha value is -2.52. The van der Waals surface area contributed by atoms with Crippen molar-refractivity contribution in [3.05, 3.63) is 56.9 Å². The van der Waals surface area contributed by atoms with Crippen molar-refractivity contribution in [3.8, 4) is 6.07 Å². The van der Waals surface area contributed by atoms with Crippen molar-refractivity contribution in [3.63, 3.8) is 0 Å². The van der Waals surface area contributed by atoms with Crippen molar-refractivity contribution in [2.45, 2.75) is 6.54 Å². The minimum absolute atomic E-state index is 0.0253. The molecule has 1 N–H and O–H groups in total. The van der Waals surface area contributed by atoms with Gasteiger partial charge in [0.15, 0.2) is 0 Å². The molecule has 1 heterocycles. The number of nitro groups is 1. The summed E-state index contributed by atoms with van der Waals surface area (Å²) in [5.74, 6) is 0. The predicted octanol–water partition coefficient (Wildman–Crippen LogP) is 3.07. The van der Waals surface area contributed by atoms with Crippen molar-refractivity contribution in [2.24, 2.45) is 7.05 Å². The Morgan fingerprint density at radius 1 is 1.50 bits per heavy atom. The Bertz CT molecular complexity index is 703. The lowest BCUT2D eigenvalue weighted by molar-refractivity contribution is -0.384. The highest BCUT2D eigenvalue weighted by Crippen LogP contribution is 2.27. The van der Waals surface area contributed by atoms with Crippen LogP contribution in [0.25, 0.3) is 0 Å². The molecule has 0 saturated heterocycles. The summed E-state index contributed by atoms with van der Waals surface area (Å²) >= 11 is 5.99. The molecule has 0 saturated carbocycles. The molecule has 1 aromatic heterocycles. The first kappa shape index (κ1) is 13.9. The highest BCUT2D eigenvalue weighted by Gasteiger charge is 2.10. The van der Waals surface area contributed by atoms with Crippen LogP contribution in [0.5, 0.6) is 0 Å². The minimum Gasteiger partial charge on any atom is -0.379 e. The second-order valence-corrected chi connectivity index (χ2v) is 4.64. The third-order valence-corrected chi connectivity index (χ3v) is 3.15. The summed E-state index contributed by atoms with van der Waals surface area (Å²) in [5, 5.41) is 23.0. The number of rotatable bonds is 4. The largest absolute Gasteiger partial charge is 0.379 e. The summed E-state index contributed by atoms with van der Waals surface area (Å²) < 4.78 is 1.71. The smallest absolute Gasteiger partial charge is 0.271 e. The third-order valence-electron chi connectivity index (χ3n) is 2.82. The molecule has 0 unspecified atom stereocenters. The van der Waals surface area contributed by atoms with E-state index in [1.165, 1.54) is 18.2 Å². The second-order valence-electron chi connectivity index (χ2n) is 4.23. The van der Waals surface area contributed by atoms with Crippen molar-refractivity contribution in [1.29, 1.82) is 5.26 Å². The van der Waals surface area contributed by atoms with E-state index in [0.717, 1.165) is 5.56 Å². The molecule has 1 aromatic carbocycles. The van der Waals surface area contributed by atoms with Gasteiger partial charge in [-0.2, -0.15) is 5.26 Å². The number of nitrogens with one attached hydrogen (secondary N) is 1. The molecule has 0 fully saturated rings. The molecule has 0 amide bonds. The van der Waals surface area contributed by atoms with Crippen LogP contribution in [0.3, 0.4) is 0 Å². The highest BCUT2D eigenvalue weighted by molar-refractivity contribution is 6.33. The van der Waals surface area contributed by atoms with Crippen LogP contribution in [0.2, 0.25) is 5.02 Å². The molecule has 0 spiro atoms. The molecule has 0 aliphatic carbocycles. The molecule has 7 heteroatoms. The van der Waals surface area contributed by atoms with E-state index in [4.69, 9.17) is 16.9 Å². The van der Waals surface area contributed by atoms with Gasteiger partial charge in [-0.25, -0.2) is 0 Å². The summed E-state index contributed by atoms with van der Waals surface area (Å²) in [6.45, 7) is 0.427. The van der Waals surface area contributed by atoms with Gasteiger partial charge in [0.1, 0.15) is 11.8 Å². The quantitative estimate of drug-likeness (QED) is 0.693. The van der Waals surface area contributed by atoms with Crippen LogP contribution >= 0.6 is 11.6 Å². The van der Waals surface area contributed by atoms with Crippen LogP contribution in [0, 0.1) is 21.4 Å². The fraction of sp³-hybridized carbons (Fsp3) is 0.154. The Labute approximate surface area is 120 Å². The first-order chi connectivity index (χ1) is 9.51. The number of benzene rings is 1. The first-order valence-corrected chi connectivity index (χ1v) is 6.12. The Kier molecular flexibility index (Phi) is 3.91. The van der Waals surface area contributed by atoms with Gasteiger partial charge in [0.2, 0.25) is 0 Å². The van der Waals surface area contributed by atoms with Crippen molar-refractivity contribution in [2.75, 3.05) is 5.32 Å². The fourth-order valence-corrected chi connectivity index (χ4v) is 1.98. The zero-order valence-corrected chi connectivity index (χ0v) is 11.4. The van der Waals surface area contributed by atoms with Gasteiger partial charge in [0.25, 0.3) is 5.69 Å². The van der Waals surface area contributed by atoms with Crippen LogP contribution < -0.4 is 5.32 Å². The normalized spacial score (nSPS) is 10.1. The van der Waals surface area contributed by atoms with Gasteiger partial charge < -0.3 is 9.88 Å². The number of nitrogens with zero attached hydrogens (tertiary/aromatic N) is 3. The summed E-state index contributed by atoms with van der Waals surface area (Å²) in [6, 6.07) is 8.03. The minimum atomic E-state index is -0.474. The third kappa shape index (κ3) is 2.90. The van der Waals surface area contributed by atoms with Crippen LogP contribution in [0.1, 0.15) is 11.3 Å². The summed E-state index contributed by atoms with van der Waals surface area (Å²) in [7, 11) is 1.78. The standard InChI is InChI=1S/C13H11ClN4O2/c1-17-8-9(4-11(17)6-15)7-16-13-5-10(18(19)20)2-3-12(13)14/h2-5,8,16H,7H2,1H3. The van der Waals surface area contributed by atoms with E-state index < -0.39 is 4.92 Å². The lowest BCUT2D eigenvalue weighted by Gasteiger charge is -2.06. The number of hydrogen-bond acceptors (Lipinski definition) is 4. The topological polar surface area (TPSA) is 83.9 Å². The lowest BCUT2D eigenvalue weighted by Crippen LogP contribution is -2.00. The summed E-state index contributed by atoms with van der Waals surface area (Å²) in [4.78, 5) is 10.2. The SMILES string of the molecule is Cn1cc(CNc2cc([N+](=O)[O-])ccc2Cl)cc1C#N. The van der Waals surface area contributed by atoms with Crippen LogP contribution in [-0.4, -0.2) is 9.49 Å². The Balaban J connectivity index is 2.16. The monoisotopic (exact) mass is 290 g/mol. The summed E-state index contributed by atoms with van der Waals surface area (Å²) in [6.07, 6.45) is 1.82. The van der Waals surface area contributed by atoms with Crippen LogP contribution in [0.15, 0.2) is 30.5 Å². The molecule has 0 aliphatic rings. The molecular weight excluding hydrogens is 280 g/mol. The predicted molar refractivity (Wildman–Crippen MR) is 75.6 cm³/mol. The average molecular weight is 291 g/mol. The van der Waals surface area contributed by atoms with Gasteiger partial charge >= 0.3 is 0 Å². The molecule has 2 aromatic rings. The zero-order valence-electron chi connectivity index (χ0n) is 10.6. The maximum atomic E-state index is 10.7. The molecule has 6 nitrogen and oxygen atoms in total. The Morgan fingerprint density at radius 3 is 2.85 bits per heavy atom. The number of halogens is 1. The van der Waals surface area contributed by atoms with Crippen molar-refractivity contribution < 1.29 is 4.92 Å². The van der Waals surface area contributed by atoms with Crippen LogP contribution in [0.4, 0.5) is 11.4 Å². The summed E-state index contributed by atoms with van der Waals surface area (Å²) in [5.41, 5.74) is 1.91. The molecule has 0 aliphatic heterocycles. The molecule has 20 heavy (non-hydrogen) atoms. The number of hydrogen-bond donors (Lipinski definition) is 1.